The van der Waals surface area contributed by atoms with Crippen LogP contribution in [0, 0.1) is 11.8 Å². The van der Waals surface area contributed by atoms with E-state index in [0.29, 0.717) is 0 Å². The molecule has 4 rings (SSSR count). The summed E-state index contributed by atoms with van der Waals surface area (Å²) >= 11 is 0. The van der Waals surface area contributed by atoms with Gasteiger partial charge in [0.15, 0.2) is 0 Å². The Hall–Kier alpha value is -0.780. The summed E-state index contributed by atoms with van der Waals surface area (Å²) in [6.45, 7) is 0. The lowest BCUT2D eigenvalue weighted by Crippen LogP contribution is -2.15. The second-order valence-electron chi connectivity index (χ2n) is 5.78. The maximum Gasteiger partial charge on any atom is -0.0276 e. The van der Waals surface area contributed by atoms with Crippen molar-refractivity contribution in [3.8, 4) is 0 Å². The third kappa shape index (κ3) is 2.31. The molecule has 0 nitrogen and oxygen atoms in total. The number of rotatable bonds is 0. The van der Waals surface area contributed by atoms with Crippen LogP contribution >= 0.6 is 0 Å². The van der Waals surface area contributed by atoms with Crippen molar-refractivity contribution in [1.29, 1.82) is 0 Å². The fraction of sp³-hybridized carbons (Fsp3) is 0.625. The molecule has 0 saturated heterocycles. The van der Waals surface area contributed by atoms with Crippen molar-refractivity contribution >= 4 is 0 Å². The van der Waals surface area contributed by atoms with Gasteiger partial charge in [0.05, 0.1) is 0 Å². The van der Waals surface area contributed by atoms with Gasteiger partial charge in [0.2, 0.25) is 0 Å². The highest BCUT2D eigenvalue weighted by atomic mass is 14.3. The highest BCUT2D eigenvalue weighted by Gasteiger charge is 2.21. The Labute approximate surface area is 99.1 Å². The zero-order chi connectivity index (χ0) is 10.8. The largest absolute Gasteiger partial charge is 0.0617 e. The Kier molecular flexibility index (Phi) is 2.99. The molecule has 0 amide bonds. The summed E-state index contributed by atoms with van der Waals surface area (Å²) in [6, 6.07) is 9.33. The normalized spacial score (nSPS) is 29.8. The summed E-state index contributed by atoms with van der Waals surface area (Å²) in [5.74, 6) is 2.05. The summed E-state index contributed by atoms with van der Waals surface area (Å²) in [7, 11) is 0. The Morgan fingerprint density at radius 1 is 0.688 bits per heavy atom. The van der Waals surface area contributed by atoms with Gasteiger partial charge < -0.3 is 0 Å². The average molecular weight is 214 g/mol. The first-order chi connectivity index (χ1) is 7.90. The highest BCUT2D eigenvalue weighted by molar-refractivity contribution is 5.24. The number of hydrogen-bond donors (Lipinski definition) is 0. The molecule has 0 radical (unpaired) electrons. The molecule has 0 unspecified atom stereocenters. The summed E-state index contributed by atoms with van der Waals surface area (Å²) in [6.07, 6.45) is 11.5. The second kappa shape index (κ2) is 4.61. The van der Waals surface area contributed by atoms with Crippen LogP contribution in [0.5, 0.6) is 0 Å². The zero-order valence-electron chi connectivity index (χ0n) is 10.1. The summed E-state index contributed by atoms with van der Waals surface area (Å²) in [5, 5.41) is 0. The van der Waals surface area contributed by atoms with Gasteiger partial charge >= 0.3 is 0 Å². The standard InChI is InChI=1S/C16H22/c1-2-15-10-8-13-4-6-14(7-5-13)9-11-16(3-1)12-15/h1-3,12-14H,4-11H2. The first-order valence-electron chi connectivity index (χ1n) is 6.98. The number of aryl methyl sites for hydroxylation is 2. The Balaban J connectivity index is 1.82. The molecule has 0 aliphatic heterocycles. The molecule has 0 heterocycles. The van der Waals surface area contributed by atoms with Crippen LogP contribution in [0.25, 0.3) is 0 Å². The highest BCUT2D eigenvalue weighted by Crippen LogP contribution is 2.34. The van der Waals surface area contributed by atoms with E-state index in [1.54, 1.807) is 11.1 Å². The number of hydrogen-bond acceptors (Lipinski definition) is 0. The molecule has 86 valence electrons. The average Bonchev–Trinajstić information content (AvgIpc) is 2.39. The Bertz CT molecular complexity index is 314. The maximum atomic E-state index is 2.45. The third-order valence-electron chi connectivity index (χ3n) is 4.64. The van der Waals surface area contributed by atoms with Gasteiger partial charge in [-0.3, -0.25) is 0 Å². The van der Waals surface area contributed by atoms with Gasteiger partial charge in [-0.1, -0.05) is 49.9 Å². The summed E-state index contributed by atoms with van der Waals surface area (Å²) < 4.78 is 0. The van der Waals surface area contributed by atoms with E-state index in [1.165, 1.54) is 51.4 Å². The zero-order valence-corrected chi connectivity index (χ0v) is 10.1. The molecular weight excluding hydrogens is 192 g/mol. The topological polar surface area (TPSA) is 0 Å². The number of benzene rings is 1. The fourth-order valence-corrected chi connectivity index (χ4v) is 3.49. The molecular formula is C16H22. The van der Waals surface area contributed by atoms with Gasteiger partial charge in [-0.25, -0.2) is 0 Å². The molecule has 3 aliphatic rings. The van der Waals surface area contributed by atoms with Crippen LogP contribution in [-0.2, 0) is 12.8 Å². The van der Waals surface area contributed by atoms with Gasteiger partial charge in [-0.05, 0) is 48.6 Å². The van der Waals surface area contributed by atoms with E-state index in [9.17, 15) is 0 Å². The van der Waals surface area contributed by atoms with Gasteiger partial charge in [0.1, 0.15) is 0 Å². The molecule has 1 saturated carbocycles. The van der Waals surface area contributed by atoms with Crippen molar-refractivity contribution in [3.63, 3.8) is 0 Å². The lowest BCUT2D eigenvalue weighted by atomic mass is 9.78. The smallest absolute Gasteiger partial charge is 0.0276 e. The lowest BCUT2D eigenvalue weighted by Gasteiger charge is -2.28. The van der Waals surface area contributed by atoms with Crippen LogP contribution in [0.2, 0.25) is 0 Å². The molecule has 4 bridgehead atoms. The van der Waals surface area contributed by atoms with Gasteiger partial charge in [0, 0.05) is 0 Å². The first kappa shape index (κ1) is 10.4. The lowest BCUT2D eigenvalue weighted by molar-refractivity contribution is 0.254. The molecule has 1 aromatic carbocycles. The minimum Gasteiger partial charge on any atom is -0.0617 e. The molecule has 16 heavy (non-hydrogen) atoms. The minimum atomic E-state index is 1.03. The molecule has 0 N–H and O–H groups in total. The van der Waals surface area contributed by atoms with Crippen molar-refractivity contribution in [2.24, 2.45) is 11.8 Å². The predicted octanol–water partition coefficient (Wildman–Crippen LogP) is 4.37. The fourth-order valence-electron chi connectivity index (χ4n) is 3.49. The van der Waals surface area contributed by atoms with E-state index in [-0.39, 0.29) is 0 Å². The molecule has 0 aromatic heterocycles. The van der Waals surface area contributed by atoms with Crippen LogP contribution in [-0.4, -0.2) is 0 Å². The van der Waals surface area contributed by atoms with Crippen molar-refractivity contribution < 1.29 is 0 Å². The molecule has 1 aromatic rings. The third-order valence-corrected chi connectivity index (χ3v) is 4.64. The SMILES string of the molecule is c1cc2cc(c1)CCC1CCC(CC2)CC1. The maximum absolute atomic E-state index is 2.45. The molecule has 0 spiro atoms. The van der Waals surface area contributed by atoms with E-state index >= 15 is 0 Å². The van der Waals surface area contributed by atoms with Crippen LogP contribution < -0.4 is 0 Å². The number of fused-ring (bicyclic) bond motifs is 4. The Morgan fingerprint density at radius 2 is 1.19 bits per heavy atom. The van der Waals surface area contributed by atoms with Crippen molar-refractivity contribution in [3.05, 3.63) is 35.4 Å². The van der Waals surface area contributed by atoms with Crippen LogP contribution in [0.4, 0.5) is 0 Å². The van der Waals surface area contributed by atoms with Crippen LogP contribution in [0.1, 0.15) is 49.7 Å². The molecule has 0 heteroatoms. The van der Waals surface area contributed by atoms with E-state index in [2.05, 4.69) is 24.3 Å². The summed E-state index contributed by atoms with van der Waals surface area (Å²) in [4.78, 5) is 0. The second-order valence-corrected chi connectivity index (χ2v) is 5.78. The van der Waals surface area contributed by atoms with Crippen molar-refractivity contribution in [1.82, 2.24) is 0 Å². The van der Waals surface area contributed by atoms with Crippen molar-refractivity contribution in [2.75, 3.05) is 0 Å². The first-order valence-corrected chi connectivity index (χ1v) is 6.98. The monoisotopic (exact) mass is 214 g/mol. The minimum absolute atomic E-state index is 1.03. The molecule has 1 fully saturated rings. The van der Waals surface area contributed by atoms with Crippen molar-refractivity contribution in [2.45, 2.75) is 51.4 Å². The molecule has 0 atom stereocenters. The van der Waals surface area contributed by atoms with E-state index in [0.717, 1.165) is 11.8 Å². The van der Waals surface area contributed by atoms with Crippen LogP contribution in [0.15, 0.2) is 24.3 Å². The van der Waals surface area contributed by atoms with E-state index in [1.807, 2.05) is 0 Å². The molecule has 3 aliphatic carbocycles. The quantitative estimate of drug-likeness (QED) is 0.601. The Morgan fingerprint density at radius 3 is 1.69 bits per heavy atom. The van der Waals surface area contributed by atoms with E-state index in [4.69, 9.17) is 0 Å². The van der Waals surface area contributed by atoms with Crippen LogP contribution in [0.3, 0.4) is 0 Å². The van der Waals surface area contributed by atoms with E-state index < -0.39 is 0 Å². The predicted molar refractivity (Wildman–Crippen MR) is 68.5 cm³/mol. The summed E-state index contributed by atoms with van der Waals surface area (Å²) in [5.41, 5.74) is 3.14. The van der Waals surface area contributed by atoms with Gasteiger partial charge in [-0.15, -0.1) is 0 Å². The van der Waals surface area contributed by atoms with Gasteiger partial charge in [0.25, 0.3) is 0 Å². The van der Waals surface area contributed by atoms with Gasteiger partial charge in [-0.2, -0.15) is 0 Å².